The zero-order valence-corrected chi connectivity index (χ0v) is 45.0. The average Bonchev–Trinajstić information content (AvgIpc) is 3.47. The Morgan fingerprint density at radius 2 is 0.506 bits per heavy atom. The summed E-state index contributed by atoms with van der Waals surface area (Å²) in [6, 6.07) is 107. The molecule has 0 aliphatic carbocycles. The van der Waals surface area contributed by atoms with E-state index >= 15 is 0 Å². The first-order chi connectivity index (χ1) is 41.2. The van der Waals surface area contributed by atoms with Crippen LogP contribution in [-0.2, 0) is 0 Å². The maximum absolute atomic E-state index is 2.69. The Kier molecular flexibility index (Phi) is 9.08. The zero-order valence-electron chi connectivity index (χ0n) is 45.0. The second-order valence-corrected chi connectivity index (χ2v) is 22.7. The molecule has 19 rings (SSSR count). The lowest BCUT2D eigenvalue weighted by Gasteiger charge is -2.38. The number of para-hydroxylation sites is 4. The number of hydrogen-bond donors (Lipinski definition) is 0. The number of nitrogens with zero attached hydrogens (tertiary/aromatic N) is 4. The van der Waals surface area contributed by atoms with Gasteiger partial charge in [0.2, 0.25) is 0 Å². The molecule has 4 nitrogen and oxygen atoms in total. The molecule has 83 heavy (non-hydrogen) atoms. The van der Waals surface area contributed by atoms with Crippen molar-refractivity contribution in [2.75, 3.05) is 0 Å². The molecule has 13 aromatic carbocycles. The molecular weight excluding hydrogens is 1000 g/mol. The summed E-state index contributed by atoms with van der Waals surface area (Å²) in [7, 11) is 0. The lowest BCUT2D eigenvalue weighted by Crippen LogP contribution is -2.25. The standard InChI is InChI=1S/C79H48N4/c1-5-21-48(22-6-1)52-37-39-70-60(41-52)62-43-54(50-25-9-3-10-26-50)45-64-74-65-46-55(51-27-11-4-12-28-51)44-63-61-42-53(49-23-7-2-8-24-49)38-40-71(61)83(77(63)65)79-73(81-68-35-19-15-31-58(68)59-32-16-20-36-69(59)81)47-72(78(75(74)79)82(70)76(62)64)80-66-33-17-13-29-56(66)57-30-14-18-34-67(57)80/h1-47,74H. The van der Waals surface area contributed by atoms with Crippen molar-refractivity contribution in [1.29, 1.82) is 0 Å². The van der Waals surface area contributed by atoms with Crippen LogP contribution in [0.25, 0.3) is 154 Å². The molecule has 17 aromatic rings. The lowest BCUT2D eigenvalue weighted by molar-refractivity contribution is 0.869. The van der Waals surface area contributed by atoms with E-state index in [4.69, 9.17) is 0 Å². The SMILES string of the molecule is c1ccc(-c2ccc3c(c2)c2cc(-c4ccccc4)cc4c2n3-c2c(-n3c5ccccc5c5ccccc53)cc(-n3c5ccccc5c5ccccc53)c3c2C4c2cc(-c4ccccc4)cc4c5cc(-c6ccccc6)ccc5n-3c24)cc1. The lowest BCUT2D eigenvalue weighted by atomic mass is 9.75. The Morgan fingerprint density at radius 1 is 0.205 bits per heavy atom. The van der Waals surface area contributed by atoms with Crippen molar-refractivity contribution in [1.82, 2.24) is 18.3 Å². The van der Waals surface area contributed by atoms with Crippen LogP contribution >= 0.6 is 0 Å². The van der Waals surface area contributed by atoms with E-state index in [9.17, 15) is 0 Å². The molecule has 0 bridgehead atoms. The largest absolute Gasteiger partial charge is 0.307 e. The fourth-order valence-electron chi connectivity index (χ4n) is 15.1. The highest BCUT2D eigenvalue weighted by molar-refractivity contribution is 6.19. The molecule has 0 fully saturated rings. The average molecular weight is 1050 g/mol. The van der Waals surface area contributed by atoms with Gasteiger partial charge in [0.05, 0.1) is 66.9 Å². The summed E-state index contributed by atoms with van der Waals surface area (Å²) < 4.78 is 10.6. The van der Waals surface area contributed by atoms with Crippen molar-refractivity contribution in [3.8, 4) is 67.3 Å². The van der Waals surface area contributed by atoms with Gasteiger partial charge in [-0.25, -0.2) is 0 Å². The summed E-state index contributed by atoms with van der Waals surface area (Å²) >= 11 is 0. The summed E-state index contributed by atoms with van der Waals surface area (Å²) in [4.78, 5) is 0. The van der Waals surface area contributed by atoms with Gasteiger partial charge in [0.25, 0.3) is 0 Å². The van der Waals surface area contributed by atoms with E-state index in [1.807, 2.05) is 0 Å². The van der Waals surface area contributed by atoms with Crippen molar-refractivity contribution in [2.24, 2.45) is 0 Å². The highest BCUT2D eigenvalue weighted by Gasteiger charge is 2.43. The van der Waals surface area contributed by atoms with Crippen LogP contribution in [0.4, 0.5) is 0 Å². The van der Waals surface area contributed by atoms with Gasteiger partial charge in [0.15, 0.2) is 0 Å². The van der Waals surface area contributed by atoms with Gasteiger partial charge in [-0.05, 0) is 134 Å². The van der Waals surface area contributed by atoms with Crippen molar-refractivity contribution in [3.63, 3.8) is 0 Å². The van der Waals surface area contributed by atoms with Gasteiger partial charge < -0.3 is 18.3 Å². The van der Waals surface area contributed by atoms with Crippen molar-refractivity contribution in [3.05, 3.63) is 302 Å². The third-order valence-electron chi connectivity index (χ3n) is 18.5. The molecular formula is C79H48N4. The van der Waals surface area contributed by atoms with Crippen molar-refractivity contribution in [2.45, 2.75) is 5.92 Å². The van der Waals surface area contributed by atoms with Crippen LogP contribution in [0.2, 0.25) is 0 Å². The van der Waals surface area contributed by atoms with Crippen molar-refractivity contribution >= 4 is 87.2 Å². The minimum Gasteiger partial charge on any atom is -0.307 e. The first-order valence-electron chi connectivity index (χ1n) is 28.9. The van der Waals surface area contributed by atoms with E-state index in [1.54, 1.807) is 0 Å². The quantitative estimate of drug-likeness (QED) is 0.158. The van der Waals surface area contributed by atoms with E-state index in [0.717, 1.165) is 11.4 Å². The number of hydrogen-bond acceptors (Lipinski definition) is 0. The molecule has 2 aliphatic rings. The molecule has 4 aromatic heterocycles. The smallest absolute Gasteiger partial charge is 0.0767 e. The Bertz CT molecular complexity index is 5150. The molecule has 4 heteroatoms. The first-order valence-corrected chi connectivity index (χ1v) is 28.9. The Morgan fingerprint density at radius 3 is 0.867 bits per heavy atom. The van der Waals surface area contributed by atoms with E-state index in [-0.39, 0.29) is 5.92 Å². The van der Waals surface area contributed by atoms with Crippen LogP contribution in [0.3, 0.4) is 0 Å². The van der Waals surface area contributed by atoms with Crippen molar-refractivity contribution < 1.29 is 0 Å². The summed E-state index contributed by atoms with van der Waals surface area (Å²) in [6.07, 6.45) is 0. The molecule has 0 unspecified atom stereocenters. The Balaban J connectivity index is 1.09. The summed E-state index contributed by atoms with van der Waals surface area (Å²) in [6.45, 7) is 0. The van der Waals surface area contributed by atoms with Gasteiger partial charge in [-0.3, -0.25) is 0 Å². The second-order valence-electron chi connectivity index (χ2n) is 22.7. The van der Waals surface area contributed by atoms with E-state index < -0.39 is 0 Å². The third-order valence-corrected chi connectivity index (χ3v) is 18.5. The molecule has 0 spiro atoms. The fourth-order valence-corrected chi connectivity index (χ4v) is 15.1. The van der Waals surface area contributed by atoms with Gasteiger partial charge in [-0.1, -0.05) is 206 Å². The van der Waals surface area contributed by atoms with Crippen LogP contribution in [0, 0.1) is 0 Å². The van der Waals surface area contributed by atoms with Crippen LogP contribution < -0.4 is 0 Å². The first kappa shape index (κ1) is 44.9. The summed E-state index contributed by atoms with van der Waals surface area (Å²) in [5, 5.41) is 9.87. The fraction of sp³-hybridized carbons (Fsp3) is 0.0127. The molecule has 0 atom stereocenters. The molecule has 0 amide bonds. The van der Waals surface area contributed by atoms with E-state index in [0.29, 0.717) is 0 Å². The van der Waals surface area contributed by atoms with E-state index in [2.05, 4.69) is 303 Å². The summed E-state index contributed by atoms with van der Waals surface area (Å²) in [5.41, 5.74) is 27.7. The van der Waals surface area contributed by atoms with Gasteiger partial charge >= 0.3 is 0 Å². The maximum atomic E-state index is 2.69. The van der Waals surface area contributed by atoms with Crippen LogP contribution in [0.15, 0.2) is 285 Å². The molecule has 0 saturated heterocycles. The highest BCUT2D eigenvalue weighted by Crippen LogP contribution is 2.59. The predicted molar refractivity (Wildman–Crippen MR) is 346 cm³/mol. The summed E-state index contributed by atoms with van der Waals surface area (Å²) in [5.74, 6) is -0.215. The molecule has 0 N–H and O–H groups in total. The topological polar surface area (TPSA) is 19.7 Å². The van der Waals surface area contributed by atoms with Gasteiger partial charge in [-0.15, -0.1) is 0 Å². The normalized spacial score (nSPS) is 12.8. The third kappa shape index (κ3) is 6.13. The Hall–Kier alpha value is -10.9. The van der Waals surface area contributed by atoms with Crippen LogP contribution in [0.1, 0.15) is 22.6 Å². The van der Waals surface area contributed by atoms with E-state index in [1.165, 1.54) is 160 Å². The predicted octanol–water partition coefficient (Wildman–Crippen LogP) is 20.6. The molecule has 384 valence electrons. The minimum absolute atomic E-state index is 0.215. The zero-order chi connectivity index (χ0) is 54.0. The monoisotopic (exact) mass is 1050 g/mol. The second kappa shape index (κ2) is 16.8. The molecule has 0 saturated carbocycles. The highest BCUT2D eigenvalue weighted by atomic mass is 15.1. The number of aromatic nitrogens is 4. The van der Waals surface area contributed by atoms with Crippen LogP contribution in [-0.4, -0.2) is 18.3 Å². The van der Waals surface area contributed by atoms with Gasteiger partial charge in [0.1, 0.15) is 0 Å². The Labute approximate surface area is 477 Å². The molecule has 0 radical (unpaired) electrons. The molecule has 6 heterocycles. The number of fused-ring (bicyclic) bond motifs is 16. The van der Waals surface area contributed by atoms with Gasteiger partial charge in [0, 0.05) is 54.6 Å². The maximum Gasteiger partial charge on any atom is 0.0767 e. The van der Waals surface area contributed by atoms with Crippen LogP contribution in [0.5, 0.6) is 0 Å². The number of benzene rings is 13. The molecule has 2 aliphatic heterocycles. The minimum atomic E-state index is -0.215. The van der Waals surface area contributed by atoms with Gasteiger partial charge in [-0.2, -0.15) is 0 Å². The number of rotatable bonds is 6.